The maximum atomic E-state index is 5.92. The number of ether oxygens (including phenoxy) is 2. The van der Waals surface area contributed by atoms with Gasteiger partial charge in [-0.1, -0.05) is 24.3 Å². The number of pyridine rings is 1. The molecule has 1 unspecified atom stereocenters. The van der Waals surface area contributed by atoms with Crippen LogP contribution in [0.25, 0.3) is 33.2 Å². The summed E-state index contributed by atoms with van der Waals surface area (Å²) in [7, 11) is 5.57. The molecular formula is C28H31N5O2. The number of nitrogens with zero attached hydrogens (tertiary/aromatic N) is 5. The Hall–Kier alpha value is -3.71. The molecular weight excluding hydrogens is 438 g/mol. The Kier molecular flexibility index (Phi) is 6.26. The Morgan fingerprint density at radius 3 is 2.17 bits per heavy atom. The molecule has 0 N–H and O–H groups in total. The van der Waals surface area contributed by atoms with Crippen molar-refractivity contribution in [3.63, 3.8) is 0 Å². The average molecular weight is 470 g/mol. The lowest BCUT2D eigenvalue weighted by molar-refractivity contribution is -0.00521. The van der Waals surface area contributed by atoms with Crippen molar-refractivity contribution >= 4 is 22.5 Å². The van der Waals surface area contributed by atoms with E-state index >= 15 is 0 Å². The van der Waals surface area contributed by atoms with Gasteiger partial charge in [-0.05, 0) is 37.6 Å². The van der Waals surface area contributed by atoms with Crippen molar-refractivity contribution in [2.45, 2.75) is 26.1 Å². The fraction of sp³-hybridized carbons (Fsp3) is 0.321. The topological polar surface area (TPSA) is 63.6 Å². The van der Waals surface area contributed by atoms with Gasteiger partial charge in [0.05, 0.1) is 24.8 Å². The molecule has 2 aromatic carbocycles. The van der Waals surface area contributed by atoms with Crippen molar-refractivity contribution in [2.75, 3.05) is 44.1 Å². The third-order valence-electron chi connectivity index (χ3n) is 6.36. The van der Waals surface area contributed by atoms with Gasteiger partial charge in [0.1, 0.15) is 5.75 Å². The van der Waals surface area contributed by atoms with Crippen LogP contribution in [0.2, 0.25) is 0 Å². The zero-order valence-corrected chi connectivity index (χ0v) is 20.9. The van der Waals surface area contributed by atoms with Crippen LogP contribution in [0.5, 0.6) is 5.75 Å². The van der Waals surface area contributed by atoms with Gasteiger partial charge >= 0.3 is 0 Å². The first kappa shape index (κ1) is 23.1. The number of para-hydroxylation sites is 1. The third kappa shape index (κ3) is 4.51. The third-order valence-corrected chi connectivity index (χ3v) is 6.36. The molecule has 0 saturated carbocycles. The highest BCUT2D eigenvalue weighted by Gasteiger charge is 2.22. The highest BCUT2D eigenvalue weighted by atomic mass is 16.5. The molecule has 1 aliphatic heterocycles. The minimum Gasteiger partial charge on any atom is -0.495 e. The van der Waals surface area contributed by atoms with Gasteiger partial charge in [0.2, 0.25) is 5.95 Å². The average Bonchev–Trinajstić information content (AvgIpc) is 2.87. The summed E-state index contributed by atoms with van der Waals surface area (Å²) in [5.41, 5.74) is 5.99. The molecule has 0 radical (unpaired) electrons. The molecule has 180 valence electrons. The van der Waals surface area contributed by atoms with Crippen LogP contribution in [-0.4, -0.2) is 61.5 Å². The normalized spacial score (nSPS) is 18.0. The number of morpholine rings is 1. The van der Waals surface area contributed by atoms with E-state index in [1.807, 2.05) is 55.8 Å². The van der Waals surface area contributed by atoms with Crippen molar-refractivity contribution < 1.29 is 9.47 Å². The maximum Gasteiger partial charge on any atom is 0.224 e. The molecule has 0 spiro atoms. The number of methoxy groups -OCH3 is 1. The van der Waals surface area contributed by atoms with E-state index in [0.29, 0.717) is 5.95 Å². The SMILES string of the molecule is COc1c(-c2ccc(N3CC(C)O[C@H](C)C3)cc2)cnc2c(-c3cnc(N(C)C)nc3)cccc12. The molecule has 4 aromatic rings. The van der Waals surface area contributed by atoms with Crippen LogP contribution in [-0.2, 0) is 4.74 Å². The zero-order valence-electron chi connectivity index (χ0n) is 20.9. The molecule has 2 aromatic heterocycles. The lowest BCUT2D eigenvalue weighted by Crippen LogP contribution is -2.45. The van der Waals surface area contributed by atoms with Gasteiger partial charge in [-0.25, -0.2) is 9.97 Å². The van der Waals surface area contributed by atoms with E-state index in [1.165, 1.54) is 5.69 Å². The van der Waals surface area contributed by atoms with E-state index in [1.54, 1.807) is 7.11 Å². The Bertz CT molecular complexity index is 1310. The summed E-state index contributed by atoms with van der Waals surface area (Å²) in [6.45, 7) is 6.04. The standard InChI is InChI=1S/C28H31N5O2/c1-18-16-33(17-19(2)35-18)22-11-9-20(10-12-22)25-15-29-26-23(7-6-8-24(26)27(25)34-5)21-13-30-28(31-14-21)32(3)4/h6-15,18-19H,16-17H2,1-5H3/t18-,19?/m1/s1. The highest BCUT2D eigenvalue weighted by molar-refractivity contribution is 6.00. The van der Waals surface area contributed by atoms with Gasteiger partial charge in [0.25, 0.3) is 0 Å². The lowest BCUT2D eigenvalue weighted by atomic mass is 9.99. The summed E-state index contributed by atoms with van der Waals surface area (Å²) in [4.78, 5) is 18.1. The molecule has 5 rings (SSSR count). The molecule has 0 aliphatic carbocycles. The Morgan fingerprint density at radius 2 is 1.54 bits per heavy atom. The first-order chi connectivity index (χ1) is 16.9. The van der Waals surface area contributed by atoms with Crippen molar-refractivity contribution in [1.29, 1.82) is 0 Å². The summed E-state index contributed by atoms with van der Waals surface area (Å²) >= 11 is 0. The van der Waals surface area contributed by atoms with E-state index in [-0.39, 0.29) is 12.2 Å². The minimum absolute atomic E-state index is 0.224. The van der Waals surface area contributed by atoms with Crippen molar-refractivity contribution in [1.82, 2.24) is 15.0 Å². The van der Waals surface area contributed by atoms with Crippen LogP contribution in [0.1, 0.15) is 13.8 Å². The molecule has 3 heterocycles. The predicted octanol–water partition coefficient (Wildman–Crippen LogP) is 5.05. The second-order valence-electron chi connectivity index (χ2n) is 9.28. The Morgan fingerprint density at radius 1 is 0.857 bits per heavy atom. The van der Waals surface area contributed by atoms with E-state index in [9.17, 15) is 0 Å². The molecule has 1 saturated heterocycles. The second kappa shape index (κ2) is 9.50. The lowest BCUT2D eigenvalue weighted by Gasteiger charge is -2.36. The fourth-order valence-corrected chi connectivity index (χ4v) is 4.79. The second-order valence-corrected chi connectivity index (χ2v) is 9.28. The number of fused-ring (bicyclic) bond motifs is 1. The first-order valence-corrected chi connectivity index (χ1v) is 11.9. The van der Waals surface area contributed by atoms with Gasteiger partial charge in [-0.2, -0.15) is 0 Å². The number of aromatic nitrogens is 3. The molecule has 1 aliphatic rings. The highest BCUT2D eigenvalue weighted by Crippen LogP contribution is 2.39. The van der Waals surface area contributed by atoms with E-state index in [4.69, 9.17) is 14.5 Å². The van der Waals surface area contributed by atoms with Crippen LogP contribution in [0.15, 0.2) is 61.1 Å². The van der Waals surface area contributed by atoms with Gasteiger partial charge in [-0.15, -0.1) is 0 Å². The molecule has 7 heteroatoms. The minimum atomic E-state index is 0.224. The van der Waals surface area contributed by atoms with Crippen LogP contribution >= 0.6 is 0 Å². The molecule has 35 heavy (non-hydrogen) atoms. The zero-order chi connectivity index (χ0) is 24.5. The molecule has 0 amide bonds. The van der Waals surface area contributed by atoms with E-state index in [2.05, 4.69) is 53.0 Å². The Balaban J connectivity index is 1.51. The summed E-state index contributed by atoms with van der Waals surface area (Å²) in [5.74, 6) is 1.48. The molecule has 7 nitrogen and oxygen atoms in total. The summed E-state index contributed by atoms with van der Waals surface area (Å²) < 4.78 is 11.8. The number of hydrogen-bond donors (Lipinski definition) is 0. The van der Waals surface area contributed by atoms with Crippen LogP contribution in [0.4, 0.5) is 11.6 Å². The van der Waals surface area contributed by atoms with Crippen LogP contribution in [0.3, 0.4) is 0 Å². The molecule has 1 fully saturated rings. The maximum absolute atomic E-state index is 5.92. The van der Waals surface area contributed by atoms with Crippen molar-refractivity contribution in [3.8, 4) is 28.0 Å². The van der Waals surface area contributed by atoms with E-state index in [0.717, 1.165) is 52.0 Å². The number of anilines is 2. The van der Waals surface area contributed by atoms with Crippen molar-refractivity contribution in [2.24, 2.45) is 0 Å². The number of hydrogen-bond acceptors (Lipinski definition) is 7. The van der Waals surface area contributed by atoms with Gasteiger partial charge in [-0.3, -0.25) is 4.98 Å². The van der Waals surface area contributed by atoms with Crippen molar-refractivity contribution in [3.05, 3.63) is 61.1 Å². The number of benzene rings is 2. The molecule has 2 atom stereocenters. The van der Waals surface area contributed by atoms with Gasteiger partial charge < -0.3 is 19.3 Å². The van der Waals surface area contributed by atoms with Gasteiger partial charge in [0.15, 0.2) is 0 Å². The summed E-state index contributed by atoms with van der Waals surface area (Å²) in [6, 6.07) is 14.7. The monoisotopic (exact) mass is 469 g/mol. The first-order valence-electron chi connectivity index (χ1n) is 11.9. The number of rotatable bonds is 5. The summed E-state index contributed by atoms with van der Waals surface area (Å²) in [6.07, 6.45) is 6.02. The van der Waals surface area contributed by atoms with Crippen LogP contribution in [0, 0.1) is 0 Å². The molecule has 0 bridgehead atoms. The summed E-state index contributed by atoms with van der Waals surface area (Å²) in [5, 5.41) is 0.957. The van der Waals surface area contributed by atoms with Crippen LogP contribution < -0.4 is 14.5 Å². The largest absolute Gasteiger partial charge is 0.495 e. The quantitative estimate of drug-likeness (QED) is 0.405. The fourth-order valence-electron chi connectivity index (χ4n) is 4.79. The predicted molar refractivity (Wildman–Crippen MR) is 141 cm³/mol. The Labute approximate surface area is 206 Å². The van der Waals surface area contributed by atoms with E-state index < -0.39 is 0 Å². The smallest absolute Gasteiger partial charge is 0.224 e. The van der Waals surface area contributed by atoms with Gasteiger partial charge in [0, 0.05) is 73.5 Å².